The SMILES string of the molecule is COC[C@@]12CCCO[C@@H]1CCN(C(=O)c1cccnc1OC)C2. The number of methoxy groups -OCH3 is 2. The Balaban J connectivity index is 1.82. The molecule has 3 rings (SSSR count). The Hall–Kier alpha value is -1.66. The lowest BCUT2D eigenvalue weighted by Gasteiger charge is -2.50. The molecule has 2 aliphatic rings. The molecule has 0 unspecified atom stereocenters. The number of amides is 1. The predicted molar refractivity (Wildman–Crippen MR) is 84.6 cm³/mol. The van der Waals surface area contributed by atoms with Crippen molar-refractivity contribution in [3.8, 4) is 5.88 Å². The zero-order valence-corrected chi connectivity index (χ0v) is 13.8. The van der Waals surface area contributed by atoms with E-state index < -0.39 is 0 Å². The van der Waals surface area contributed by atoms with Gasteiger partial charge in [-0.05, 0) is 31.4 Å². The molecule has 0 radical (unpaired) electrons. The molecule has 1 aromatic rings. The minimum Gasteiger partial charge on any atom is -0.480 e. The maximum atomic E-state index is 12.9. The maximum Gasteiger partial charge on any atom is 0.259 e. The maximum absolute atomic E-state index is 12.9. The molecule has 23 heavy (non-hydrogen) atoms. The fourth-order valence-corrected chi connectivity index (χ4v) is 3.85. The lowest BCUT2D eigenvalue weighted by Crippen LogP contribution is -2.58. The third-order valence-corrected chi connectivity index (χ3v) is 4.90. The van der Waals surface area contributed by atoms with E-state index in [0.717, 1.165) is 25.9 Å². The minimum atomic E-state index is -0.101. The molecule has 6 nitrogen and oxygen atoms in total. The number of aromatic nitrogens is 1. The first-order valence-electron chi connectivity index (χ1n) is 8.09. The van der Waals surface area contributed by atoms with Crippen LogP contribution in [0.3, 0.4) is 0 Å². The van der Waals surface area contributed by atoms with Gasteiger partial charge in [0.05, 0.1) is 19.8 Å². The van der Waals surface area contributed by atoms with Crippen molar-refractivity contribution < 1.29 is 19.0 Å². The normalized spacial score (nSPS) is 27.4. The number of fused-ring (bicyclic) bond motifs is 1. The zero-order valence-electron chi connectivity index (χ0n) is 13.8. The van der Waals surface area contributed by atoms with Crippen molar-refractivity contribution in [2.24, 2.45) is 5.41 Å². The van der Waals surface area contributed by atoms with Crippen molar-refractivity contribution in [2.75, 3.05) is 40.5 Å². The number of pyridine rings is 1. The van der Waals surface area contributed by atoms with Gasteiger partial charge in [0.2, 0.25) is 5.88 Å². The van der Waals surface area contributed by atoms with Gasteiger partial charge in [-0.2, -0.15) is 0 Å². The molecule has 0 N–H and O–H groups in total. The number of piperidine rings is 1. The molecule has 0 spiro atoms. The molecule has 6 heteroatoms. The summed E-state index contributed by atoms with van der Waals surface area (Å²) in [4.78, 5) is 18.9. The molecule has 2 fully saturated rings. The van der Waals surface area contributed by atoms with E-state index in [1.54, 1.807) is 25.4 Å². The highest BCUT2D eigenvalue weighted by molar-refractivity contribution is 5.96. The number of hydrogen-bond acceptors (Lipinski definition) is 5. The quantitative estimate of drug-likeness (QED) is 0.846. The van der Waals surface area contributed by atoms with E-state index in [-0.39, 0.29) is 17.4 Å². The van der Waals surface area contributed by atoms with Crippen molar-refractivity contribution in [1.29, 1.82) is 0 Å². The Morgan fingerprint density at radius 1 is 1.52 bits per heavy atom. The van der Waals surface area contributed by atoms with Crippen molar-refractivity contribution in [3.63, 3.8) is 0 Å². The van der Waals surface area contributed by atoms with Crippen molar-refractivity contribution in [3.05, 3.63) is 23.9 Å². The van der Waals surface area contributed by atoms with Gasteiger partial charge < -0.3 is 19.1 Å². The second-order valence-corrected chi connectivity index (χ2v) is 6.33. The van der Waals surface area contributed by atoms with Crippen LogP contribution in [0.5, 0.6) is 5.88 Å². The van der Waals surface area contributed by atoms with E-state index in [1.165, 1.54) is 7.11 Å². The molecule has 2 aliphatic heterocycles. The molecular weight excluding hydrogens is 296 g/mol. The lowest BCUT2D eigenvalue weighted by atomic mass is 9.73. The molecule has 2 atom stereocenters. The van der Waals surface area contributed by atoms with Gasteiger partial charge in [-0.15, -0.1) is 0 Å². The highest BCUT2D eigenvalue weighted by atomic mass is 16.5. The molecule has 2 saturated heterocycles. The first-order chi connectivity index (χ1) is 11.2. The molecule has 0 saturated carbocycles. The topological polar surface area (TPSA) is 60.9 Å². The van der Waals surface area contributed by atoms with Gasteiger partial charge in [0.25, 0.3) is 5.91 Å². The largest absolute Gasteiger partial charge is 0.480 e. The van der Waals surface area contributed by atoms with Crippen LogP contribution in [0.4, 0.5) is 0 Å². The summed E-state index contributed by atoms with van der Waals surface area (Å²) in [6, 6.07) is 3.53. The molecule has 0 bridgehead atoms. The van der Waals surface area contributed by atoms with Crippen LogP contribution in [0.2, 0.25) is 0 Å². The van der Waals surface area contributed by atoms with Crippen molar-refractivity contribution in [1.82, 2.24) is 9.88 Å². The summed E-state index contributed by atoms with van der Waals surface area (Å²) in [5.74, 6) is 0.342. The molecule has 3 heterocycles. The molecular formula is C17H24N2O4. The number of rotatable bonds is 4. The van der Waals surface area contributed by atoms with Crippen LogP contribution in [0, 0.1) is 5.41 Å². The van der Waals surface area contributed by atoms with Crippen LogP contribution in [0.15, 0.2) is 18.3 Å². The predicted octanol–water partition coefficient (Wildman–Crippen LogP) is 1.75. The van der Waals surface area contributed by atoms with E-state index >= 15 is 0 Å². The number of ether oxygens (including phenoxy) is 3. The van der Waals surface area contributed by atoms with E-state index in [9.17, 15) is 4.79 Å². The highest BCUT2D eigenvalue weighted by Gasteiger charge is 2.47. The van der Waals surface area contributed by atoms with Crippen LogP contribution in [0.25, 0.3) is 0 Å². The first kappa shape index (κ1) is 16.2. The summed E-state index contributed by atoms with van der Waals surface area (Å²) in [6.45, 7) is 2.77. The summed E-state index contributed by atoms with van der Waals surface area (Å²) < 4.78 is 16.7. The summed E-state index contributed by atoms with van der Waals surface area (Å²) in [5.41, 5.74) is 0.411. The minimum absolute atomic E-state index is 0.0329. The van der Waals surface area contributed by atoms with Crippen molar-refractivity contribution >= 4 is 5.91 Å². The Bertz CT molecular complexity index is 561. The number of carbonyl (C=O) groups is 1. The fraction of sp³-hybridized carbons (Fsp3) is 0.647. The van der Waals surface area contributed by atoms with Gasteiger partial charge in [-0.25, -0.2) is 4.98 Å². The van der Waals surface area contributed by atoms with Gasteiger partial charge in [0, 0.05) is 38.4 Å². The van der Waals surface area contributed by atoms with Crippen LogP contribution < -0.4 is 4.74 Å². The molecule has 1 aromatic heterocycles. The molecule has 0 aromatic carbocycles. The Morgan fingerprint density at radius 3 is 3.17 bits per heavy atom. The van der Waals surface area contributed by atoms with Crippen LogP contribution in [-0.4, -0.2) is 62.4 Å². The van der Waals surface area contributed by atoms with Gasteiger partial charge in [-0.3, -0.25) is 4.79 Å². The monoisotopic (exact) mass is 320 g/mol. The standard InChI is InChI=1S/C17H24N2O4/c1-21-12-17-7-4-10-23-14(17)6-9-19(11-17)16(20)13-5-3-8-18-15(13)22-2/h3,5,8,14H,4,6-7,9-12H2,1-2H3/t14-,17+/m1/s1. The summed E-state index contributed by atoms with van der Waals surface area (Å²) in [5, 5.41) is 0. The Labute approximate surface area is 136 Å². The third-order valence-electron chi connectivity index (χ3n) is 4.90. The van der Waals surface area contributed by atoms with E-state index in [4.69, 9.17) is 14.2 Å². The summed E-state index contributed by atoms with van der Waals surface area (Å²) >= 11 is 0. The van der Waals surface area contributed by atoms with Gasteiger partial charge in [0.15, 0.2) is 0 Å². The average molecular weight is 320 g/mol. The van der Waals surface area contributed by atoms with E-state index in [2.05, 4.69) is 4.98 Å². The molecule has 1 amide bonds. The Morgan fingerprint density at radius 2 is 2.39 bits per heavy atom. The molecule has 126 valence electrons. The third kappa shape index (κ3) is 3.05. The summed E-state index contributed by atoms with van der Waals surface area (Å²) in [7, 11) is 3.25. The number of nitrogens with zero attached hydrogens (tertiary/aromatic N) is 2. The van der Waals surface area contributed by atoms with Crippen LogP contribution in [0.1, 0.15) is 29.6 Å². The Kier molecular flexibility index (Phi) is 4.82. The van der Waals surface area contributed by atoms with Gasteiger partial charge in [0.1, 0.15) is 5.56 Å². The van der Waals surface area contributed by atoms with Gasteiger partial charge in [-0.1, -0.05) is 0 Å². The highest BCUT2D eigenvalue weighted by Crippen LogP contribution is 2.40. The fourth-order valence-electron chi connectivity index (χ4n) is 3.85. The molecule has 0 aliphatic carbocycles. The number of hydrogen-bond donors (Lipinski definition) is 0. The first-order valence-corrected chi connectivity index (χ1v) is 8.09. The number of carbonyl (C=O) groups excluding carboxylic acids is 1. The van der Waals surface area contributed by atoms with E-state index in [0.29, 0.717) is 31.1 Å². The van der Waals surface area contributed by atoms with Crippen LogP contribution >= 0.6 is 0 Å². The smallest absolute Gasteiger partial charge is 0.259 e. The van der Waals surface area contributed by atoms with Gasteiger partial charge >= 0.3 is 0 Å². The second kappa shape index (κ2) is 6.84. The lowest BCUT2D eigenvalue weighted by molar-refractivity contribution is -0.142. The van der Waals surface area contributed by atoms with Crippen LogP contribution in [-0.2, 0) is 9.47 Å². The average Bonchev–Trinajstić information content (AvgIpc) is 2.60. The zero-order chi connectivity index (χ0) is 16.3. The summed E-state index contributed by atoms with van der Waals surface area (Å²) in [6.07, 6.45) is 4.69. The van der Waals surface area contributed by atoms with Crippen molar-refractivity contribution in [2.45, 2.75) is 25.4 Å². The second-order valence-electron chi connectivity index (χ2n) is 6.33. The number of likely N-dealkylation sites (tertiary alicyclic amines) is 1. The van der Waals surface area contributed by atoms with E-state index in [1.807, 2.05) is 4.90 Å².